The molecule has 0 fully saturated rings. The zero-order valence-corrected chi connectivity index (χ0v) is 8.14. The smallest absolute Gasteiger partial charge is 0.0139 e. The molecule has 1 atom stereocenters. The van der Waals surface area contributed by atoms with Crippen LogP contribution in [0.4, 0.5) is 0 Å². The van der Waals surface area contributed by atoms with Crippen LogP contribution in [0, 0.1) is 0 Å². The molecule has 0 bridgehead atoms. The van der Waals surface area contributed by atoms with Crippen molar-refractivity contribution in [3.63, 3.8) is 0 Å². The van der Waals surface area contributed by atoms with Crippen LogP contribution in [-0.4, -0.2) is 30.6 Å². The van der Waals surface area contributed by atoms with E-state index in [1.807, 2.05) is 0 Å². The molecule has 0 saturated carbocycles. The van der Waals surface area contributed by atoms with Gasteiger partial charge < -0.3 is 10.6 Å². The third-order valence-corrected chi connectivity index (χ3v) is 1.63. The zero-order valence-electron chi connectivity index (χ0n) is 8.14. The van der Waals surface area contributed by atoms with Gasteiger partial charge in [-0.1, -0.05) is 13.8 Å². The fraction of sp³-hybridized carbons (Fsp3) is 1.00. The maximum absolute atomic E-state index is 5.71. The molecule has 2 heteroatoms. The number of nitrogens with zero attached hydrogens (tertiary/aromatic N) is 1. The Morgan fingerprint density at radius 2 is 1.64 bits per heavy atom. The Bertz CT molecular complexity index is 75.6. The topological polar surface area (TPSA) is 29.3 Å². The summed E-state index contributed by atoms with van der Waals surface area (Å²) >= 11 is 0. The average molecular weight is 158 g/mol. The molecular weight excluding hydrogens is 136 g/mol. The first-order valence-electron chi connectivity index (χ1n) is 4.68. The first kappa shape index (κ1) is 10.9. The number of hydrogen-bond acceptors (Lipinski definition) is 2. The van der Waals surface area contributed by atoms with Gasteiger partial charge in [0.2, 0.25) is 0 Å². The SMILES string of the molecule is CCCN(CCC)C[C@@H](C)N. The molecule has 0 spiro atoms. The molecule has 2 N–H and O–H groups in total. The molecule has 0 aliphatic carbocycles. The van der Waals surface area contributed by atoms with Gasteiger partial charge in [0.05, 0.1) is 0 Å². The van der Waals surface area contributed by atoms with E-state index >= 15 is 0 Å². The standard InChI is InChI=1S/C9H22N2/c1-4-6-11(7-5-2)8-9(3)10/h9H,4-8,10H2,1-3H3/t9-/m1/s1. The second kappa shape index (κ2) is 6.62. The van der Waals surface area contributed by atoms with E-state index < -0.39 is 0 Å². The molecule has 0 aromatic heterocycles. The largest absolute Gasteiger partial charge is 0.327 e. The highest BCUT2D eigenvalue weighted by Gasteiger charge is 2.03. The third kappa shape index (κ3) is 6.32. The van der Waals surface area contributed by atoms with Crippen molar-refractivity contribution in [3.8, 4) is 0 Å². The molecule has 0 saturated heterocycles. The molecule has 0 heterocycles. The molecule has 0 aliphatic rings. The van der Waals surface area contributed by atoms with Crippen LogP contribution in [0.5, 0.6) is 0 Å². The van der Waals surface area contributed by atoms with E-state index in [9.17, 15) is 0 Å². The molecule has 2 nitrogen and oxygen atoms in total. The lowest BCUT2D eigenvalue weighted by Gasteiger charge is -2.22. The Morgan fingerprint density at radius 1 is 1.18 bits per heavy atom. The highest BCUT2D eigenvalue weighted by molar-refractivity contribution is 4.62. The molecule has 68 valence electrons. The Hall–Kier alpha value is -0.0800. The van der Waals surface area contributed by atoms with Gasteiger partial charge in [-0.25, -0.2) is 0 Å². The van der Waals surface area contributed by atoms with Crippen molar-refractivity contribution in [3.05, 3.63) is 0 Å². The van der Waals surface area contributed by atoms with Crippen LogP contribution in [0.2, 0.25) is 0 Å². The summed E-state index contributed by atoms with van der Waals surface area (Å²) in [6.07, 6.45) is 2.46. The highest BCUT2D eigenvalue weighted by atomic mass is 15.1. The third-order valence-electron chi connectivity index (χ3n) is 1.63. The minimum Gasteiger partial charge on any atom is -0.327 e. The van der Waals surface area contributed by atoms with Crippen LogP contribution in [0.15, 0.2) is 0 Å². The van der Waals surface area contributed by atoms with Crippen LogP contribution in [0.1, 0.15) is 33.6 Å². The first-order chi connectivity index (χ1) is 5.20. The molecule has 0 radical (unpaired) electrons. The summed E-state index contributed by atoms with van der Waals surface area (Å²) in [7, 11) is 0. The minimum absolute atomic E-state index is 0.313. The fourth-order valence-electron chi connectivity index (χ4n) is 1.33. The van der Waals surface area contributed by atoms with Gasteiger partial charge in [0.1, 0.15) is 0 Å². The van der Waals surface area contributed by atoms with E-state index in [1.54, 1.807) is 0 Å². The lowest BCUT2D eigenvalue weighted by atomic mass is 10.3. The summed E-state index contributed by atoms with van der Waals surface area (Å²) in [5.41, 5.74) is 5.71. The van der Waals surface area contributed by atoms with E-state index in [2.05, 4.69) is 25.7 Å². The van der Waals surface area contributed by atoms with Crippen molar-refractivity contribution in [2.75, 3.05) is 19.6 Å². The van der Waals surface area contributed by atoms with Crippen LogP contribution in [0.3, 0.4) is 0 Å². The zero-order chi connectivity index (χ0) is 8.69. The number of nitrogens with two attached hydrogens (primary N) is 1. The van der Waals surface area contributed by atoms with E-state index in [0.29, 0.717) is 6.04 Å². The van der Waals surface area contributed by atoms with Crippen LogP contribution < -0.4 is 5.73 Å². The Kier molecular flexibility index (Phi) is 6.57. The monoisotopic (exact) mass is 158 g/mol. The quantitative estimate of drug-likeness (QED) is 0.634. The van der Waals surface area contributed by atoms with Gasteiger partial charge in [0.25, 0.3) is 0 Å². The van der Waals surface area contributed by atoms with E-state index in [4.69, 9.17) is 5.73 Å². The summed E-state index contributed by atoms with van der Waals surface area (Å²) in [5, 5.41) is 0. The maximum Gasteiger partial charge on any atom is 0.0139 e. The lowest BCUT2D eigenvalue weighted by Crippen LogP contribution is -2.36. The predicted octanol–water partition coefficient (Wildman–Crippen LogP) is 1.46. The van der Waals surface area contributed by atoms with Crippen LogP contribution >= 0.6 is 0 Å². The van der Waals surface area contributed by atoms with E-state index in [-0.39, 0.29) is 0 Å². The molecule has 0 aromatic carbocycles. The summed E-state index contributed by atoms with van der Waals surface area (Å²) in [4.78, 5) is 2.44. The second-order valence-corrected chi connectivity index (χ2v) is 3.28. The molecule has 0 amide bonds. The van der Waals surface area contributed by atoms with Crippen molar-refractivity contribution in [2.45, 2.75) is 39.7 Å². The van der Waals surface area contributed by atoms with Gasteiger partial charge >= 0.3 is 0 Å². The second-order valence-electron chi connectivity index (χ2n) is 3.28. The van der Waals surface area contributed by atoms with Crippen molar-refractivity contribution in [2.24, 2.45) is 5.73 Å². The van der Waals surface area contributed by atoms with Gasteiger partial charge in [-0.2, -0.15) is 0 Å². The van der Waals surface area contributed by atoms with Crippen molar-refractivity contribution < 1.29 is 0 Å². The predicted molar refractivity (Wildman–Crippen MR) is 50.7 cm³/mol. The Labute approximate surface area is 70.8 Å². The fourth-order valence-corrected chi connectivity index (χ4v) is 1.33. The van der Waals surface area contributed by atoms with Crippen molar-refractivity contribution in [1.29, 1.82) is 0 Å². The normalized spacial score (nSPS) is 13.9. The minimum atomic E-state index is 0.313. The Morgan fingerprint density at radius 3 is 1.91 bits per heavy atom. The summed E-state index contributed by atoms with van der Waals surface area (Å²) in [6, 6.07) is 0.313. The van der Waals surface area contributed by atoms with Gasteiger partial charge in [0.15, 0.2) is 0 Å². The Balaban J connectivity index is 3.50. The van der Waals surface area contributed by atoms with Gasteiger partial charge in [0, 0.05) is 12.6 Å². The van der Waals surface area contributed by atoms with Crippen LogP contribution in [-0.2, 0) is 0 Å². The average Bonchev–Trinajstić information content (AvgIpc) is 1.87. The first-order valence-corrected chi connectivity index (χ1v) is 4.68. The maximum atomic E-state index is 5.71. The van der Waals surface area contributed by atoms with Crippen molar-refractivity contribution >= 4 is 0 Å². The van der Waals surface area contributed by atoms with Gasteiger partial charge in [-0.05, 0) is 32.9 Å². The van der Waals surface area contributed by atoms with E-state index in [1.165, 1.54) is 25.9 Å². The van der Waals surface area contributed by atoms with Crippen molar-refractivity contribution in [1.82, 2.24) is 4.90 Å². The van der Waals surface area contributed by atoms with Gasteiger partial charge in [-0.15, -0.1) is 0 Å². The lowest BCUT2D eigenvalue weighted by molar-refractivity contribution is 0.262. The summed E-state index contributed by atoms with van der Waals surface area (Å²) in [5.74, 6) is 0. The number of hydrogen-bond donors (Lipinski definition) is 1. The van der Waals surface area contributed by atoms with Gasteiger partial charge in [-0.3, -0.25) is 0 Å². The molecule has 0 aromatic rings. The molecule has 0 rings (SSSR count). The number of rotatable bonds is 6. The molecule has 11 heavy (non-hydrogen) atoms. The summed E-state index contributed by atoms with van der Waals surface area (Å²) < 4.78 is 0. The van der Waals surface area contributed by atoms with Crippen LogP contribution in [0.25, 0.3) is 0 Å². The molecule has 0 unspecified atom stereocenters. The molecule has 0 aliphatic heterocycles. The van der Waals surface area contributed by atoms with E-state index in [0.717, 1.165) is 6.54 Å². The summed E-state index contributed by atoms with van der Waals surface area (Å²) in [6.45, 7) is 9.92. The molecular formula is C9H22N2. The highest BCUT2D eigenvalue weighted by Crippen LogP contribution is 1.94.